The first kappa shape index (κ1) is 12.1. The van der Waals surface area contributed by atoms with E-state index in [1.807, 2.05) is 24.3 Å². The molecule has 5 nitrogen and oxygen atoms in total. The SMILES string of the molecule is Cc1nc(Oc2c(C#N)oc3ccccc23)ccc1N. The second kappa shape index (κ2) is 4.59. The van der Waals surface area contributed by atoms with E-state index in [0.29, 0.717) is 28.6 Å². The van der Waals surface area contributed by atoms with Gasteiger partial charge in [0.05, 0.1) is 16.8 Å². The first-order valence-electron chi connectivity index (χ1n) is 6.01. The molecule has 2 heterocycles. The molecule has 0 aliphatic heterocycles. The predicted octanol–water partition coefficient (Wildman–Crippen LogP) is 3.38. The van der Waals surface area contributed by atoms with E-state index in [1.165, 1.54) is 0 Å². The van der Waals surface area contributed by atoms with Gasteiger partial charge in [0.2, 0.25) is 11.6 Å². The molecule has 0 radical (unpaired) electrons. The third kappa shape index (κ3) is 1.93. The number of ether oxygens (including phenoxy) is 1. The molecular formula is C15H11N3O2. The van der Waals surface area contributed by atoms with Crippen molar-refractivity contribution in [2.45, 2.75) is 6.92 Å². The number of para-hydroxylation sites is 1. The highest BCUT2D eigenvalue weighted by molar-refractivity contribution is 5.86. The number of nitrogens with zero attached hydrogens (tertiary/aromatic N) is 2. The summed E-state index contributed by atoms with van der Waals surface area (Å²) in [4.78, 5) is 4.23. The summed E-state index contributed by atoms with van der Waals surface area (Å²) in [6, 6.07) is 12.7. The lowest BCUT2D eigenvalue weighted by Crippen LogP contribution is -1.95. The number of fused-ring (bicyclic) bond motifs is 1. The fraction of sp³-hybridized carbons (Fsp3) is 0.0667. The minimum Gasteiger partial charge on any atom is -0.442 e. The molecule has 0 saturated carbocycles. The Morgan fingerprint density at radius 3 is 2.80 bits per heavy atom. The summed E-state index contributed by atoms with van der Waals surface area (Å²) in [6.45, 7) is 1.79. The van der Waals surface area contributed by atoms with Crippen LogP contribution in [0.5, 0.6) is 11.6 Å². The molecule has 1 aromatic carbocycles. The predicted molar refractivity (Wildman–Crippen MR) is 74.4 cm³/mol. The number of pyridine rings is 1. The number of aryl methyl sites for hydroxylation is 1. The highest BCUT2D eigenvalue weighted by Gasteiger charge is 2.16. The van der Waals surface area contributed by atoms with E-state index in [0.717, 1.165) is 5.39 Å². The standard InChI is InChI=1S/C15H11N3O2/c1-9-11(17)6-7-14(18-9)20-15-10-4-2-3-5-12(10)19-13(15)8-16/h2-7H,17H2,1H3. The van der Waals surface area contributed by atoms with Crippen molar-refractivity contribution in [3.05, 3.63) is 47.9 Å². The van der Waals surface area contributed by atoms with Crippen LogP contribution in [0.1, 0.15) is 11.5 Å². The number of hydrogen-bond donors (Lipinski definition) is 1. The number of nitrogen functional groups attached to an aromatic ring is 1. The number of nitrogens with two attached hydrogens (primary N) is 1. The second-order valence-corrected chi connectivity index (χ2v) is 4.29. The zero-order valence-electron chi connectivity index (χ0n) is 10.8. The van der Waals surface area contributed by atoms with Gasteiger partial charge in [0, 0.05) is 6.07 Å². The Labute approximate surface area is 115 Å². The largest absolute Gasteiger partial charge is 0.442 e. The summed E-state index contributed by atoms with van der Waals surface area (Å²) in [5.41, 5.74) is 7.59. The Hall–Kier alpha value is -3.00. The van der Waals surface area contributed by atoms with Crippen LogP contribution in [-0.4, -0.2) is 4.98 Å². The van der Waals surface area contributed by atoms with Crippen LogP contribution in [0.4, 0.5) is 5.69 Å². The van der Waals surface area contributed by atoms with E-state index >= 15 is 0 Å². The topological polar surface area (TPSA) is 85.1 Å². The van der Waals surface area contributed by atoms with Crippen molar-refractivity contribution in [1.29, 1.82) is 5.26 Å². The van der Waals surface area contributed by atoms with Crippen molar-refractivity contribution in [1.82, 2.24) is 4.98 Å². The van der Waals surface area contributed by atoms with Crippen molar-refractivity contribution < 1.29 is 9.15 Å². The third-order valence-corrected chi connectivity index (χ3v) is 2.96. The van der Waals surface area contributed by atoms with Gasteiger partial charge in [-0.2, -0.15) is 5.26 Å². The fourth-order valence-electron chi connectivity index (χ4n) is 1.91. The molecule has 2 aromatic heterocycles. The van der Waals surface area contributed by atoms with Crippen LogP contribution in [0.15, 0.2) is 40.8 Å². The van der Waals surface area contributed by atoms with Crippen molar-refractivity contribution in [3.8, 4) is 17.7 Å². The minimum atomic E-state index is 0.127. The first-order valence-corrected chi connectivity index (χ1v) is 6.01. The van der Waals surface area contributed by atoms with Gasteiger partial charge in [0.1, 0.15) is 11.7 Å². The summed E-state index contributed by atoms with van der Waals surface area (Å²) < 4.78 is 11.1. The van der Waals surface area contributed by atoms with Crippen LogP contribution in [0.3, 0.4) is 0 Å². The molecule has 0 aliphatic carbocycles. The summed E-state index contributed by atoms with van der Waals surface area (Å²) in [7, 11) is 0. The molecule has 2 N–H and O–H groups in total. The second-order valence-electron chi connectivity index (χ2n) is 4.29. The van der Waals surface area contributed by atoms with E-state index in [9.17, 15) is 0 Å². The zero-order chi connectivity index (χ0) is 14.1. The van der Waals surface area contributed by atoms with E-state index in [2.05, 4.69) is 4.98 Å². The number of rotatable bonds is 2. The van der Waals surface area contributed by atoms with E-state index < -0.39 is 0 Å². The van der Waals surface area contributed by atoms with Gasteiger partial charge in [-0.15, -0.1) is 0 Å². The van der Waals surface area contributed by atoms with E-state index in [-0.39, 0.29) is 5.76 Å². The van der Waals surface area contributed by atoms with E-state index in [1.54, 1.807) is 25.1 Å². The summed E-state index contributed by atoms with van der Waals surface area (Å²) in [5, 5.41) is 9.87. The molecule has 0 amide bonds. The quantitative estimate of drug-likeness (QED) is 0.767. The maximum absolute atomic E-state index is 9.13. The lowest BCUT2D eigenvalue weighted by Gasteiger charge is -2.05. The Morgan fingerprint density at radius 2 is 2.05 bits per heavy atom. The average Bonchev–Trinajstić information content (AvgIpc) is 2.81. The van der Waals surface area contributed by atoms with Crippen molar-refractivity contribution in [2.75, 3.05) is 5.73 Å². The Bertz CT molecular complexity index is 831. The normalized spacial score (nSPS) is 10.4. The molecule has 0 bridgehead atoms. The van der Waals surface area contributed by atoms with Gasteiger partial charge in [0.25, 0.3) is 0 Å². The number of furan rings is 1. The molecule has 0 atom stereocenters. The number of aromatic nitrogens is 1. The van der Waals surface area contributed by atoms with Gasteiger partial charge in [-0.3, -0.25) is 0 Å². The fourth-order valence-corrected chi connectivity index (χ4v) is 1.91. The molecule has 3 aromatic rings. The lowest BCUT2D eigenvalue weighted by molar-refractivity contribution is 0.449. The first-order chi connectivity index (χ1) is 9.69. The van der Waals surface area contributed by atoms with Gasteiger partial charge in [-0.25, -0.2) is 4.98 Å². The molecule has 3 rings (SSSR count). The Morgan fingerprint density at radius 1 is 1.25 bits per heavy atom. The van der Waals surface area contributed by atoms with Crippen LogP contribution >= 0.6 is 0 Å². The molecule has 0 aliphatic rings. The van der Waals surface area contributed by atoms with E-state index in [4.69, 9.17) is 20.1 Å². The molecule has 20 heavy (non-hydrogen) atoms. The number of nitriles is 1. The molecule has 0 unspecified atom stereocenters. The molecule has 0 fully saturated rings. The summed E-state index contributed by atoms with van der Waals surface area (Å²) >= 11 is 0. The maximum Gasteiger partial charge on any atom is 0.247 e. The van der Waals surface area contributed by atoms with Crippen LogP contribution < -0.4 is 10.5 Å². The lowest BCUT2D eigenvalue weighted by atomic mass is 10.2. The smallest absolute Gasteiger partial charge is 0.247 e. The van der Waals surface area contributed by atoms with Crippen LogP contribution in [0.25, 0.3) is 11.0 Å². The summed E-state index contributed by atoms with van der Waals surface area (Å²) in [6.07, 6.45) is 0. The van der Waals surface area contributed by atoms with Gasteiger partial charge in [-0.05, 0) is 25.1 Å². The van der Waals surface area contributed by atoms with Gasteiger partial charge >= 0.3 is 0 Å². The monoisotopic (exact) mass is 265 g/mol. The average molecular weight is 265 g/mol. The molecule has 0 saturated heterocycles. The van der Waals surface area contributed by atoms with Crippen molar-refractivity contribution in [3.63, 3.8) is 0 Å². The number of anilines is 1. The van der Waals surface area contributed by atoms with Gasteiger partial charge < -0.3 is 14.9 Å². The molecular weight excluding hydrogens is 254 g/mol. The minimum absolute atomic E-state index is 0.127. The highest BCUT2D eigenvalue weighted by Crippen LogP contribution is 2.35. The van der Waals surface area contributed by atoms with Crippen molar-refractivity contribution in [2.24, 2.45) is 0 Å². The Balaban J connectivity index is 2.10. The van der Waals surface area contributed by atoms with Gasteiger partial charge in [-0.1, -0.05) is 12.1 Å². The third-order valence-electron chi connectivity index (χ3n) is 2.96. The van der Waals surface area contributed by atoms with Crippen LogP contribution in [-0.2, 0) is 0 Å². The molecule has 0 spiro atoms. The maximum atomic E-state index is 9.13. The highest BCUT2D eigenvalue weighted by atomic mass is 16.5. The van der Waals surface area contributed by atoms with Crippen LogP contribution in [0.2, 0.25) is 0 Å². The number of hydrogen-bond acceptors (Lipinski definition) is 5. The number of benzene rings is 1. The van der Waals surface area contributed by atoms with Gasteiger partial charge in [0.15, 0.2) is 5.75 Å². The van der Waals surface area contributed by atoms with Crippen LogP contribution in [0, 0.1) is 18.3 Å². The molecule has 98 valence electrons. The molecule has 5 heteroatoms. The van der Waals surface area contributed by atoms with Crippen molar-refractivity contribution >= 4 is 16.7 Å². The zero-order valence-corrected chi connectivity index (χ0v) is 10.8. The Kier molecular flexibility index (Phi) is 2.77. The summed E-state index contributed by atoms with van der Waals surface area (Å²) in [5.74, 6) is 0.877.